The predicted molar refractivity (Wildman–Crippen MR) is 91.5 cm³/mol. The summed E-state index contributed by atoms with van der Waals surface area (Å²) in [5.41, 5.74) is 0.746. The number of rotatable bonds is 7. The second kappa shape index (κ2) is 9.13. The second-order valence-corrected chi connectivity index (χ2v) is 5.80. The maximum absolute atomic E-state index is 13.5. The van der Waals surface area contributed by atoms with Gasteiger partial charge in [0.05, 0.1) is 5.56 Å². The van der Waals surface area contributed by atoms with Crippen LogP contribution in [0.25, 0.3) is 0 Å². The van der Waals surface area contributed by atoms with Gasteiger partial charge in [0.15, 0.2) is 0 Å². The number of nitrogens with one attached hydrogen (secondary N) is 2. The van der Waals surface area contributed by atoms with Crippen molar-refractivity contribution in [3.8, 4) is 0 Å². The van der Waals surface area contributed by atoms with Crippen molar-refractivity contribution in [1.82, 2.24) is 10.6 Å². The topological polar surface area (TPSA) is 58.2 Å². The lowest BCUT2D eigenvalue weighted by molar-refractivity contribution is -0.120. The van der Waals surface area contributed by atoms with Gasteiger partial charge < -0.3 is 10.6 Å². The summed E-state index contributed by atoms with van der Waals surface area (Å²) < 4.78 is 26.3. The highest BCUT2D eigenvalue weighted by molar-refractivity contribution is 6.30. The molecule has 2 amide bonds. The Bertz CT molecular complexity index is 768. The molecule has 132 valence electrons. The van der Waals surface area contributed by atoms with Crippen LogP contribution in [0.5, 0.6) is 0 Å². The zero-order valence-electron chi connectivity index (χ0n) is 13.3. The van der Waals surface area contributed by atoms with Gasteiger partial charge in [0.2, 0.25) is 5.91 Å². The summed E-state index contributed by atoms with van der Waals surface area (Å²) in [6, 6.07) is 10.0. The molecule has 0 fully saturated rings. The summed E-state index contributed by atoms with van der Waals surface area (Å²) in [6.07, 6.45) is 0.698. The van der Waals surface area contributed by atoms with Crippen LogP contribution in [0.3, 0.4) is 0 Å². The monoisotopic (exact) mass is 366 g/mol. The van der Waals surface area contributed by atoms with Crippen LogP contribution in [0.4, 0.5) is 8.78 Å². The fraction of sp³-hybridized carbons (Fsp3) is 0.222. The Kier molecular flexibility index (Phi) is 6.89. The van der Waals surface area contributed by atoms with E-state index in [1.807, 2.05) is 18.2 Å². The van der Waals surface area contributed by atoms with E-state index in [2.05, 4.69) is 10.6 Å². The van der Waals surface area contributed by atoms with Crippen molar-refractivity contribution in [3.05, 3.63) is 70.2 Å². The van der Waals surface area contributed by atoms with E-state index in [0.29, 0.717) is 24.1 Å². The average molecular weight is 367 g/mol. The normalized spacial score (nSPS) is 10.4. The fourth-order valence-electron chi connectivity index (χ4n) is 2.19. The number of benzene rings is 2. The highest BCUT2D eigenvalue weighted by atomic mass is 35.5. The molecule has 7 heteroatoms. The minimum Gasteiger partial charge on any atom is -0.356 e. The Morgan fingerprint density at radius 3 is 2.52 bits per heavy atom. The van der Waals surface area contributed by atoms with Gasteiger partial charge in [-0.25, -0.2) is 8.78 Å². The predicted octanol–water partition coefficient (Wildman–Crippen LogP) is 3.10. The molecule has 0 heterocycles. The highest BCUT2D eigenvalue weighted by Crippen LogP contribution is 2.11. The van der Waals surface area contributed by atoms with Crippen LogP contribution in [0.2, 0.25) is 5.02 Å². The number of hydrogen-bond donors (Lipinski definition) is 2. The van der Waals surface area contributed by atoms with Crippen LogP contribution in [-0.4, -0.2) is 24.9 Å². The molecular weight excluding hydrogens is 350 g/mol. The zero-order valence-corrected chi connectivity index (χ0v) is 14.1. The molecule has 2 aromatic carbocycles. The average Bonchev–Trinajstić information content (AvgIpc) is 2.54. The van der Waals surface area contributed by atoms with Crippen LogP contribution in [0.1, 0.15) is 22.3 Å². The van der Waals surface area contributed by atoms with Crippen molar-refractivity contribution in [2.75, 3.05) is 13.1 Å². The molecule has 0 aliphatic heterocycles. The molecule has 0 atom stereocenters. The van der Waals surface area contributed by atoms with Crippen molar-refractivity contribution in [3.63, 3.8) is 0 Å². The first-order valence-electron chi connectivity index (χ1n) is 7.70. The fourth-order valence-corrected chi connectivity index (χ4v) is 2.40. The van der Waals surface area contributed by atoms with Crippen molar-refractivity contribution in [2.24, 2.45) is 0 Å². The molecule has 0 aliphatic carbocycles. The van der Waals surface area contributed by atoms with E-state index >= 15 is 0 Å². The van der Waals surface area contributed by atoms with Gasteiger partial charge in [0, 0.05) is 30.6 Å². The van der Waals surface area contributed by atoms with Crippen molar-refractivity contribution in [2.45, 2.75) is 12.8 Å². The first kappa shape index (κ1) is 18.9. The first-order valence-corrected chi connectivity index (χ1v) is 8.08. The largest absolute Gasteiger partial charge is 0.356 e. The molecule has 2 rings (SSSR count). The van der Waals surface area contributed by atoms with E-state index < -0.39 is 17.5 Å². The maximum atomic E-state index is 13.5. The molecule has 4 nitrogen and oxygen atoms in total. The third-order valence-electron chi connectivity index (χ3n) is 3.44. The summed E-state index contributed by atoms with van der Waals surface area (Å²) in [7, 11) is 0. The van der Waals surface area contributed by atoms with Gasteiger partial charge in [-0.1, -0.05) is 23.7 Å². The van der Waals surface area contributed by atoms with Gasteiger partial charge >= 0.3 is 0 Å². The highest BCUT2D eigenvalue weighted by Gasteiger charge is 2.12. The molecule has 0 spiro atoms. The number of hydrogen-bond acceptors (Lipinski definition) is 2. The Morgan fingerprint density at radius 2 is 1.80 bits per heavy atom. The third kappa shape index (κ3) is 6.15. The van der Waals surface area contributed by atoms with Crippen molar-refractivity contribution < 1.29 is 18.4 Å². The van der Waals surface area contributed by atoms with E-state index in [9.17, 15) is 18.4 Å². The maximum Gasteiger partial charge on any atom is 0.254 e. The Balaban J connectivity index is 1.68. The van der Waals surface area contributed by atoms with E-state index in [-0.39, 0.29) is 24.4 Å². The molecule has 0 aliphatic rings. The quantitative estimate of drug-likeness (QED) is 0.791. The number of carbonyl (C=O) groups excluding carboxylic acids is 2. The summed E-state index contributed by atoms with van der Waals surface area (Å²) in [5, 5.41) is 5.79. The summed E-state index contributed by atoms with van der Waals surface area (Å²) in [6.45, 7) is 0.498. The van der Waals surface area contributed by atoms with Crippen LogP contribution in [-0.2, 0) is 11.2 Å². The molecule has 0 saturated heterocycles. The molecule has 0 unspecified atom stereocenters. The van der Waals surface area contributed by atoms with E-state index in [4.69, 9.17) is 11.6 Å². The van der Waals surface area contributed by atoms with Crippen LogP contribution in [0, 0.1) is 11.6 Å². The number of carbonyl (C=O) groups is 2. The van der Waals surface area contributed by atoms with Gasteiger partial charge in [0.1, 0.15) is 11.6 Å². The Labute approximate surface area is 149 Å². The number of halogens is 3. The minimum absolute atomic E-state index is 0.0542. The Hall–Kier alpha value is -2.47. The molecule has 2 N–H and O–H groups in total. The van der Waals surface area contributed by atoms with E-state index in [1.54, 1.807) is 6.07 Å². The molecular formula is C18H17ClF2N2O2. The lowest BCUT2D eigenvalue weighted by Crippen LogP contribution is -2.32. The number of amides is 2. The lowest BCUT2D eigenvalue weighted by Gasteiger charge is -2.08. The first-order chi connectivity index (χ1) is 12.0. The molecule has 0 saturated carbocycles. The molecule has 2 aromatic rings. The molecule has 25 heavy (non-hydrogen) atoms. The summed E-state index contributed by atoms with van der Waals surface area (Å²) in [4.78, 5) is 23.5. The van der Waals surface area contributed by atoms with E-state index in [1.165, 1.54) is 0 Å². The lowest BCUT2D eigenvalue weighted by atomic mass is 10.1. The molecule has 0 bridgehead atoms. The minimum atomic E-state index is -0.941. The van der Waals surface area contributed by atoms with Gasteiger partial charge in [-0.2, -0.15) is 0 Å². The van der Waals surface area contributed by atoms with Crippen LogP contribution < -0.4 is 10.6 Å². The van der Waals surface area contributed by atoms with Crippen molar-refractivity contribution in [1.29, 1.82) is 0 Å². The SMILES string of the molecule is O=C(CCNC(=O)c1ccc(F)cc1F)NCCc1cccc(Cl)c1. The van der Waals surface area contributed by atoms with Gasteiger partial charge in [0.25, 0.3) is 5.91 Å². The molecule has 0 aromatic heterocycles. The van der Waals surface area contributed by atoms with Crippen LogP contribution >= 0.6 is 11.6 Å². The summed E-state index contributed by atoms with van der Waals surface area (Å²) in [5.74, 6) is -2.62. The van der Waals surface area contributed by atoms with Crippen LogP contribution in [0.15, 0.2) is 42.5 Å². The van der Waals surface area contributed by atoms with Gasteiger partial charge in [-0.3, -0.25) is 9.59 Å². The van der Waals surface area contributed by atoms with Crippen molar-refractivity contribution >= 4 is 23.4 Å². The molecule has 0 radical (unpaired) electrons. The third-order valence-corrected chi connectivity index (χ3v) is 3.67. The zero-order chi connectivity index (χ0) is 18.2. The summed E-state index contributed by atoms with van der Waals surface area (Å²) >= 11 is 5.88. The van der Waals surface area contributed by atoms with E-state index in [0.717, 1.165) is 17.7 Å². The smallest absolute Gasteiger partial charge is 0.254 e. The standard InChI is InChI=1S/C18H17ClF2N2O2/c19-13-3-1-2-12(10-13)6-8-22-17(24)7-9-23-18(25)15-5-4-14(20)11-16(15)21/h1-5,10-11H,6-9H2,(H,22,24)(H,23,25). The van der Waals surface area contributed by atoms with Gasteiger partial charge in [-0.15, -0.1) is 0 Å². The Morgan fingerprint density at radius 1 is 1.00 bits per heavy atom. The second-order valence-electron chi connectivity index (χ2n) is 5.36. The van der Waals surface area contributed by atoms with Gasteiger partial charge in [-0.05, 0) is 36.2 Å².